The van der Waals surface area contributed by atoms with Crippen LogP contribution in [0.15, 0.2) is 72.8 Å². The Morgan fingerprint density at radius 3 is 1.74 bits per heavy atom. The maximum atomic E-state index is 4.94. The Labute approximate surface area is 190 Å². The van der Waals surface area contributed by atoms with Crippen molar-refractivity contribution in [1.29, 1.82) is 0 Å². The minimum atomic E-state index is 1.01. The molecule has 31 heavy (non-hydrogen) atoms. The van der Waals surface area contributed by atoms with E-state index in [4.69, 9.17) is 9.97 Å². The molecule has 0 N–H and O–H groups in total. The fraction of sp³-hybridized carbons (Fsp3) is 0.154. The lowest BCUT2D eigenvalue weighted by Gasteiger charge is -2.20. The molecule has 3 aromatic carbocycles. The van der Waals surface area contributed by atoms with Crippen LogP contribution >= 0.6 is 22.7 Å². The van der Waals surface area contributed by atoms with Crippen molar-refractivity contribution in [2.75, 3.05) is 18.0 Å². The number of fused-ring (bicyclic) bond motifs is 2. The standard InChI is InChI=1S/C26H23N3S2/c1-3-29(4-2)19-15-13-18(14-16-19)17-20(25-27-21-9-5-7-11-23(21)30-25)26-28-22-10-6-8-12-24(22)31-26/h5-17H,3-4H2,1-2H3. The van der Waals surface area contributed by atoms with Crippen LogP contribution in [0.2, 0.25) is 0 Å². The quantitative estimate of drug-likeness (QED) is 0.276. The van der Waals surface area contributed by atoms with E-state index in [1.165, 1.54) is 15.1 Å². The molecule has 2 heterocycles. The van der Waals surface area contributed by atoms with Gasteiger partial charge < -0.3 is 4.90 Å². The van der Waals surface area contributed by atoms with E-state index in [1.54, 1.807) is 22.7 Å². The van der Waals surface area contributed by atoms with Crippen molar-refractivity contribution in [2.45, 2.75) is 13.8 Å². The molecule has 0 saturated heterocycles. The maximum absolute atomic E-state index is 4.94. The van der Waals surface area contributed by atoms with Crippen LogP contribution in [0.1, 0.15) is 29.4 Å². The Kier molecular flexibility index (Phi) is 5.53. The Morgan fingerprint density at radius 2 is 1.26 bits per heavy atom. The van der Waals surface area contributed by atoms with Gasteiger partial charge in [0.1, 0.15) is 10.0 Å². The lowest BCUT2D eigenvalue weighted by Crippen LogP contribution is -2.21. The van der Waals surface area contributed by atoms with Gasteiger partial charge in [-0.25, -0.2) is 9.97 Å². The van der Waals surface area contributed by atoms with Crippen molar-refractivity contribution in [2.24, 2.45) is 0 Å². The SMILES string of the molecule is CCN(CC)c1ccc(C=C(c2nc3ccccc3s2)c2nc3ccccc3s2)cc1. The third-order valence-corrected chi connectivity index (χ3v) is 7.52. The molecule has 5 rings (SSSR count). The molecule has 0 aliphatic rings. The molecule has 0 fully saturated rings. The van der Waals surface area contributed by atoms with Gasteiger partial charge in [-0.2, -0.15) is 0 Å². The summed E-state index contributed by atoms with van der Waals surface area (Å²) in [4.78, 5) is 12.2. The van der Waals surface area contributed by atoms with Crippen molar-refractivity contribution in [3.8, 4) is 0 Å². The van der Waals surface area contributed by atoms with Crippen molar-refractivity contribution in [1.82, 2.24) is 9.97 Å². The van der Waals surface area contributed by atoms with E-state index in [9.17, 15) is 0 Å². The molecule has 0 radical (unpaired) electrons. The Balaban J connectivity index is 1.62. The fourth-order valence-electron chi connectivity index (χ4n) is 3.73. The molecule has 0 aliphatic carbocycles. The maximum Gasteiger partial charge on any atom is 0.127 e. The average molecular weight is 442 g/mol. The van der Waals surface area contributed by atoms with Crippen molar-refractivity contribution >= 4 is 60.4 Å². The molecule has 3 nitrogen and oxygen atoms in total. The van der Waals surface area contributed by atoms with E-state index in [1.807, 2.05) is 12.1 Å². The second kappa shape index (κ2) is 8.61. The van der Waals surface area contributed by atoms with E-state index in [-0.39, 0.29) is 0 Å². The van der Waals surface area contributed by atoms with Crippen LogP contribution < -0.4 is 4.90 Å². The lowest BCUT2D eigenvalue weighted by atomic mass is 10.1. The average Bonchev–Trinajstić information content (AvgIpc) is 3.43. The summed E-state index contributed by atoms with van der Waals surface area (Å²) in [6, 6.07) is 25.4. The van der Waals surface area contributed by atoms with E-state index in [2.05, 4.69) is 85.5 Å². The molecular weight excluding hydrogens is 418 g/mol. The molecule has 0 bridgehead atoms. The monoisotopic (exact) mass is 441 g/mol. The van der Waals surface area contributed by atoms with Gasteiger partial charge >= 0.3 is 0 Å². The zero-order valence-corrected chi connectivity index (χ0v) is 19.2. The summed E-state index contributed by atoms with van der Waals surface area (Å²) in [6.07, 6.45) is 2.22. The predicted octanol–water partition coefficient (Wildman–Crippen LogP) is 7.34. The van der Waals surface area contributed by atoms with Crippen LogP contribution in [0.5, 0.6) is 0 Å². The lowest BCUT2D eigenvalue weighted by molar-refractivity contribution is 0.866. The molecular formula is C26H23N3S2. The first kappa shape index (κ1) is 19.9. The molecule has 0 amide bonds. The first-order valence-electron chi connectivity index (χ1n) is 10.5. The number of nitrogens with zero attached hydrogens (tertiary/aromatic N) is 3. The molecule has 5 aromatic rings. The summed E-state index contributed by atoms with van der Waals surface area (Å²) >= 11 is 3.45. The Morgan fingerprint density at radius 1 is 0.742 bits per heavy atom. The summed E-state index contributed by atoms with van der Waals surface area (Å²) in [5.74, 6) is 0. The third-order valence-electron chi connectivity index (χ3n) is 5.38. The fourth-order valence-corrected chi connectivity index (χ4v) is 5.76. The number of para-hydroxylation sites is 2. The smallest absolute Gasteiger partial charge is 0.127 e. The highest BCUT2D eigenvalue weighted by atomic mass is 32.1. The van der Waals surface area contributed by atoms with E-state index in [0.717, 1.165) is 45.3 Å². The Hall–Kier alpha value is -3.02. The van der Waals surface area contributed by atoms with E-state index < -0.39 is 0 Å². The highest BCUT2D eigenvalue weighted by molar-refractivity contribution is 7.22. The van der Waals surface area contributed by atoms with Crippen LogP contribution in [0.3, 0.4) is 0 Å². The number of rotatable bonds is 6. The van der Waals surface area contributed by atoms with Gasteiger partial charge in [0.05, 0.1) is 20.4 Å². The molecule has 0 unspecified atom stereocenters. The number of benzene rings is 3. The number of anilines is 1. The van der Waals surface area contributed by atoms with Crippen LogP contribution in [-0.2, 0) is 0 Å². The number of aromatic nitrogens is 2. The number of hydrogen-bond donors (Lipinski definition) is 0. The minimum absolute atomic E-state index is 1.01. The van der Waals surface area contributed by atoms with Crippen LogP contribution in [0, 0.1) is 0 Å². The van der Waals surface area contributed by atoms with Gasteiger partial charge in [-0.15, -0.1) is 22.7 Å². The van der Waals surface area contributed by atoms with Crippen molar-refractivity contribution in [3.05, 3.63) is 88.4 Å². The molecule has 0 saturated carbocycles. The van der Waals surface area contributed by atoms with Crippen LogP contribution in [0.4, 0.5) is 5.69 Å². The van der Waals surface area contributed by atoms with Crippen molar-refractivity contribution in [3.63, 3.8) is 0 Å². The van der Waals surface area contributed by atoms with Gasteiger partial charge in [-0.1, -0.05) is 36.4 Å². The topological polar surface area (TPSA) is 29.0 Å². The van der Waals surface area contributed by atoms with Crippen LogP contribution in [-0.4, -0.2) is 23.1 Å². The van der Waals surface area contributed by atoms with Gasteiger partial charge in [-0.05, 0) is 61.9 Å². The van der Waals surface area contributed by atoms with Crippen LogP contribution in [0.25, 0.3) is 32.1 Å². The number of hydrogen-bond acceptors (Lipinski definition) is 5. The van der Waals surface area contributed by atoms with E-state index in [0.29, 0.717) is 0 Å². The predicted molar refractivity (Wildman–Crippen MR) is 136 cm³/mol. The second-order valence-electron chi connectivity index (χ2n) is 7.30. The normalized spacial score (nSPS) is 11.2. The van der Waals surface area contributed by atoms with Gasteiger partial charge in [0, 0.05) is 24.4 Å². The molecule has 5 heteroatoms. The first-order chi connectivity index (χ1) is 15.2. The van der Waals surface area contributed by atoms with Gasteiger partial charge in [-0.3, -0.25) is 0 Å². The molecule has 0 atom stereocenters. The first-order valence-corrected chi connectivity index (χ1v) is 12.2. The highest BCUT2D eigenvalue weighted by Crippen LogP contribution is 2.36. The van der Waals surface area contributed by atoms with Gasteiger partial charge in [0.25, 0.3) is 0 Å². The molecule has 0 spiro atoms. The van der Waals surface area contributed by atoms with Crippen molar-refractivity contribution < 1.29 is 0 Å². The zero-order chi connectivity index (χ0) is 21.2. The molecule has 0 aliphatic heterocycles. The second-order valence-corrected chi connectivity index (χ2v) is 9.36. The largest absolute Gasteiger partial charge is 0.372 e. The van der Waals surface area contributed by atoms with E-state index >= 15 is 0 Å². The highest BCUT2D eigenvalue weighted by Gasteiger charge is 2.16. The third kappa shape index (κ3) is 3.99. The molecule has 154 valence electrons. The zero-order valence-electron chi connectivity index (χ0n) is 17.6. The molecule has 2 aromatic heterocycles. The number of thiazole rings is 2. The summed E-state index contributed by atoms with van der Waals surface area (Å²) < 4.78 is 2.39. The summed E-state index contributed by atoms with van der Waals surface area (Å²) in [5.41, 5.74) is 5.56. The Bertz CT molecular complexity index is 1220. The minimum Gasteiger partial charge on any atom is -0.372 e. The summed E-state index contributed by atoms with van der Waals surface area (Å²) in [7, 11) is 0. The summed E-state index contributed by atoms with van der Waals surface area (Å²) in [5, 5.41) is 2.01. The van der Waals surface area contributed by atoms with Gasteiger partial charge in [0.15, 0.2) is 0 Å². The van der Waals surface area contributed by atoms with Gasteiger partial charge in [0.2, 0.25) is 0 Å². The summed E-state index contributed by atoms with van der Waals surface area (Å²) in [6.45, 7) is 6.40.